The van der Waals surface area contributed by atoms with Crippen LogP contribution < -0.4 is 10.6 Å². The minimum atomic E-state index is -1.01. The van der Waals surface area contributed by atoms with Crippen molar-refractivity contribution in [1.29, 1.82) is 0 Å². The zero-order valence-electron chi connectivity index (χ0n) is 11.8. The first-order valence-corrected chi connectivity index (χ1v) is 6.71. The van der Waals surface area contributed by atoms with Crippen LogP contribution in [0.15, 0.2) is 24.3 Å². The molecular formula is C15H18N2O4. The number of carbonyl (C=O) groups excluding carboxylic acids is 1. The maximum absolute atomic E-state index is 11.8. The molecule has 0 bridgehead atoms. The SMILES string of the molecule is Cc1ccc(NC(=O)NC2CCOC2)cc1/C=C/C(=O)O. The smallest absolute Gasteiger partial charge is 0.328 e. The molecule has 2 amide bonds. The van der Waals surface area contributed by atoms with E-state index in [1.54, 1.807) is 12.1 Å². The molecule has 1 aliphatic heterocycles. The quantitative estimate of drug-likeness (QED) is 0.740. The van der Waals surface area contributed by atoms with Gasteiger partial charge in [-0.3, -0.25) is 0 Å². The van der Waals surface area contributed by atoms with Crippen molar-refractivity contribution in [2.45, 2.75) is 19.4 Å². The molecule has 2 rings (SSSR count). The van der Waals surface area contributed by atoms with Crippen LogP contribution in [0.3, 0.4) is 0 Å². The molecule has 3 N–H and O–H groups in total. The topological polar surface area (TPSA) is 87.7 Å². The molecule has 6 nitrogen and oxygen atoms in total. The molecular weight excluding hydrogens is 272 g/mol. The fourth-order valence-electron chi connectivity index (χ4n) is 2.06. The zero-order chi connectivity index (χ0) is 15.2. The molecule has 21 heavy (non-hydrogen) atoms. The maximum Gasteiger partial charge on any atom is 0.328 e. The fraction of sp³-hybridized carbons (Fsp3) is 0.333. The van der Waals surface area contributed by atoms with Gasteiger partial charge in [-0.25, -0.2) is 9.59 Å². The summed E-state index contributed by atoms with van der Waals surface area (Å²) >= 11 is 0. The first-order chi connectivity index (χ1) is 10.0. The Balaban J connectivity index is 2.00. The lowest BCUT2D eigenvalue weighted by molar-refractivity contribution is -0.131. The average molecular weight is 290 g/mol. The second-order valence-electron chi connectivity index (χ2n) is 4.90. The van der Waals surface area contributed by atoms with Crippen molar-refractivity contribution in [1.82, 2.24) is 5.32 Å². The highest BCUT2D eigenvalue weighted by atomic mass is 16.5. The van der Waals surface area contributed by atoms with Gasteiger partial charge in [-0.05, 0) is 42.7 Å². The zero-order valence-corrected chi connectivity index (χ0v) is 11.8. The van der Waals surface area contributed by atoms with Crippen LogP contribution >= 0.6 is 0 Å². The van der Waals surface area contributed by atoms with Gasteiger partial charge in [-0.1, -0.05) is 6.07 Å². The van der Waals surface area contributed by atoms with E-state index in [1.165, 1.54) is 6.08 Å². The third kappa shape index (κ3) is 4.61. The van der Waals surface area contributed by atoms with E-state index in [2.05, 4.69) is 10.6 Å². The van der Waals surface area contributed by atoms with E-state index < -0.39 is 5.97 Å². The second kappa shape index (κ2) is 6.90. The monoisotopic (exact) mass is 290 g/mol. The number of hydrogen-bond donors (Lipinski definition) is 3. The number of aryl methyl sites for hydroxylation is 1. The highest BCUT2D eigenvalue weighted by Gasteiger charge is 2.17. The van der Waals surface area contributed by atoms with E-state index in [9.17, 15) is 9.59 Å². The lowest BCUT2D eigenvalue weighted by Crippen LogP contribution is -2.38. The van der Waals surface area contributed by atoms with Crippen LogP contribution in [-0.2, 0) is 9.53 Å². The fourth-order valence-corrected chi connectivity index (χ4v) is 2.06. The highest BCUT2D eigenvalue weighted by Crippen LogP contribution is 2.17. The van der Waals surface area contributed by atoms with Crippen molar-refractivity contribution >= 4 is 23.8 Å². The molecule has 1 saturated heterocycles. The van der Waals surface area contributed by atoms with Crippen LogP contribution in [0.1, 0.15) is 17.5 Å². The minimum absolute atomic E-state index is 0.0434. The molecule has 1 atom stereocenters. The van der Waals surface area contributed by atoms with Crippen LogP contribution in [0, 0.1) is 6.92 Å². The maximum atomic E-state index is 11.8. The first-order valence-electron chi connectivity index (χ1n) is 6.71. The molecule has 6 heteroatoms. The van der Waals surface area contributed by atoms with Gasteiger partial charge in [0.05, 0.1) is 12.6 Å². The molecule has 1 unspecified atom stereocenters. The van der Waals surface area contributed by atoms with E-state index in [1.807, 2.05) is 13.0 Å². The Morgan fingerprint density at radius 3 is 2.90 bits per heavy atom. The number of amides is 2. The summed E-state index contributed by atoms with van der Waals surface area (Å²) in [6.45, 7) is 3.08. The number of aliphatic carboxylic acids is 1. The number of carbonyl (C=O) groups is 2. The van der Waals surface area contributed by atoms with Crippen LogP contribution in [-0.4, -0.2) is 36.4 Å². The lowest BCUT2D eigenvalue weighted by atomic mass is 10.1. The number of nitrogens with one attached hydrogen (secondary N) is 2. The highest BCUT2D eigenvalue weighted by molar-refractivity contribution is 5.90. The molecule has 0 aliphatic carbocycles. The van der Waals surface area contributed by atoms with Gasteiger partial charge >= 0.3 is 12.0 Å². The van der Waals surface area contributed by atoms with Crippen molar-refractivity contribution in [3.05, 3.63) is 35.4 Å². The summed E-state index contributed by atoms with van der Waals surface area (Å²) in [7, 11) is 0. The Kier molecular flexibility index (Phi) is 4.94. The van der Waals surface area contributed by atoms with Gasteiger partial charge in [0.15, 0.2) is 0 Å². The Hall–Kier alpha value is -2.34. The van der Waals surface area contributed by atoms with E-state index >= 15 is 0 Å². The summed E-state index contributed by atoms with van der Waals surface area (Å²) in [6, 6.07) is 5.09. The number of carboxylic acids is 1. The van der Waals surface area contributed by atoms with Gasteiger partial charge in [-0.2, -0.15) is 0 Å². The molecule has 1 aromatic carbocycles. The molecule has 0 radical (unpaired) electrons. The van der Waals surface area contributed by atoms with Crippen molar-refractivity contribution in [2.24, 2.45) is 0 Å². The number of ether oxygens (including phenoxy) is 1. The van der Waals surface area contributed by atoms with Gasteiger partial charge < -0.3 is 20.5 Å². The minimum Gasteiger partial charge on any atom is -0.478 e. The summed E-state index contributed by atoms with van der Waals surface area (Å²) in [5, 5.41) is 14.2. The summed E-state index contributed by atoms with van der Waals surface area (Å²) in [5.41, 5.74) is 2.30. The predicted molar refractivity (Wildman–Crippen MR) is 79.2 cm³/mol. The molecule has 0 aromatic heterocycles. The number of anilines is 1. The van der Waals surface area contributed by atoms with E-state index in [4.69, 9.17) is 9.84 Å². The van der Waals surface area contributed by atoms with Crippen molar-refractivity contribution in [2.75, 3.05) is 18.5 Å². The van der Waals surface area contributed by atoms with Gasteiger partial charge in [0.25, 0.3) is 0 Å². The van der Waals surface area contributed by atoms with E-state index in [0.29, 0.717) is 18.9 Å². The Morgan fingerprint density at radius 2 is 2.24 bits per heavy atom. The van der Waals surface area contributed by atoms with Crippen LogP contribution in [0.4, 0.5) is 10.5 Å². The molecule has 1 aromatic rings. The Bertz CT molecular complexity index is 563. The Labute approximate surface area is 122 Å². The summed E-state index contributed by atoms with van der Waals surface area (Å²) < 4.78 is 5.19. The van der Waals surface area contributed by atoms with E-state index in [-0.39, 0.29) is 12.1 Å². The largest absolute Gasteiger partial charge is 0.478 e. The number of urea groups is 1. The van der Waals surface area contributed by atoms with Gasteiger partial charge in [0.2, 0.25) is 0 Å². The van der Waals surface area contributed by atoms with Gasteiger partial charge in [0.1, 0.15) is 0 Å². The molecule has 0 spiro atoms. The standard InChI is InChI=1S/C15H18N2O4/c1-10-2-4-12(8-11(10)3-5-14(18)19)16-15(20)17-13-6-7-21-9-13/h2-5,8,13H,6-7,9H2,1H3,(H,18,19)(H2,16,17,20)/b5-3+. The van der Waals surface area contributed by atoms with E-state index in [0.717, 1.165) is 23.6 Å². The van der Waals surface area contributed by atoms with Crippen molar-refractivity contribution in [3.8, 4) is 0 Å². The molecule has 1 heterocycles. The summed E-state index contributed by atoms with van der Waals surface area (Å²) in [4.78, 5) is 22.4. The Morgan fingerprint density at radius 1 is 1.43 bits per heavy atom. The number of hydrogen-bond acceptors (Lipinski definition) is 3. The van der Waals surface area contributed by atoms with Crippen molar-refractivity contribution in [3.63, 3.8) is 0 Å². The predicted octanol–water partition coefficient (Wildman–Crippen LogP) is 2.00. The summed E-state index contributed by atoms with van der Waals surface area (Å²) in [5.74, 6) is -1.01. The number of benzene rings is 1. The number of rotatable bonds is 4. The first kappa shape index (κ1) is 15.1. The van der Waals surface area contributed by atoms with Gasteiger partial charge in [-0.15, -0.1) is 0 Å². The molecule has 0 saturated carbocycles. The van der Waals surface area contributed by atoms with Gasteiger partial charge in [0, 0.05) is 18.4 Å². The average Bonchev–Trinajstić information content (AvgIpc) is 2.92. The lowest BCUT2D eigenvalue weighted by Gasteiger charge is -2.12. The van der Waals surface area contributed by atoms with Crippen LogP contribution in [0.5, 0.6) is 0 Å². The normalized spacial score (nSPS) is 17.9. The second-order valence-corrected chi connectivity index (χ2v) is 4.90. The third-order valence-corrected chi connectivity index (χ3v) is 3.21. The van der Waals surface area contributed by atoms with Crippen LogP contribution in [0.25, 0.3) is 6.08 Å². The number of carboxylic acid groups (broad SMARTS) is 1. The third-order valence-electron chi connectivity index (χ3n) is 3.21. The molecule has 1 fully saturated rings. The van der Waals surface area contributed by atoms with Crippen molar-refractivity contribution < 1.29 is 19.4 Å². The summed E-state index contributed by atoms with van der Waals surface area (Å²) in [6.07, 6.45) is 3.39. The van der Waals surface area contributed by atoms with Crippen LogP contribution in [0.2, 0.25) is 0 Å². The molecule has 112 valence electrons. The molecule has 1 aliphatic rings.